The zero-order valence-corrected chi connectivity index (χ0v) is 4.60. The Morgan fingerprint density at radius 3 is 2.83 bits per heavy atom. The second kappa shape index (κ2) is 1.77. The fourth-order valence-corrected chi connectivity index (χ4v) is 1.40. The Bertz CT molecular complexity index is 79.6. The van der Waals surface area contributed by atoms with Gasteiger partial charge in [0.25, 0.3) is 0 Å². The van der Waals surface area contributed by atoms with Crippen LogP contribution in [0.3, 0.4) is 0 Å². The molecular weight excluding hydrogens is 116 g/mol. The Balaban J connectivity index is 2.45. The lowest BCUT2D eigenvalue weighted by Gasteiger charge is -1.81. The molecule has 6 heavy (non-hydrogen) atoms. The lowest BCUT2D eigenvalue weighted by atomic mass is 11.1. The summed E-state index contributed by atoms with van der Waals surface area (Å²) in [4.78, 5) is 0. The van der Waals surface area contributed by atoms with Gasteiger partial charge in [-0.15, -0.1) is 0 Å². The molecule has 1 aliphatic rings. The minimum atomic E-state index is 0.847. The van der Waals surface area contributed by atoms with E-state index in [0.29, 0.717) is 0 Å². The smallest absolute Gasteiger partial charge is 0.0894 e. The van der Waals surface area contributed by atoms with Crippen LogP contribution in [0.15, 0.2) is 10.4 Å². The molecule has 0 aromatic heterocycles. The second-order valence-electron chi connectivity index (χ2n) is 0.823. The van der Waals surface area contributed by atoms with E-state index >= 15 is 0 Å². The van der Waals surface area contributed by atoms with E-state index in [-0.39, 0.29) is 0 Å². The van der Waals surface area contributed by atoms with E-state index in [1.807, 2.05) is 5.41 Å². The summed E-state index contributed by atoms with van der Waals surface area (Å²) in [5, 5.41) is 2.71. The van der Waals surface area contributed by atoms with E-state index in [1.54, 1.807) is 0 Å². The van der Waals surface area contributed by atoms with Crippen molar-refractivity contribution in [3.8, 4) is 0 Å². The summed E-state index contributed by atoms with van der Waals surface area (Å²) in [6, 6.07) is 0. The number of nitrogens with one attached hydrogen (secondary N) is 1. The molecule has 0 saturated heterocycles. The van der Waals surface area contributed by atoms with Crippen LogP contribution in [0.4, 0.5) is 0 Å². The van der Waals surface area contributed by atoms with Gasteiger partial charge >= 0.3 is 0 Å². The van der Waals surface area contributed by atoms with Crippen LogP contribution < -0.4 is 9.86 Å². The molecule has 0 aromatic carbocycles. The van der Waals surface area contributed by atoms with Gasteiger partial charge in [-0.2, -0.15) is 4.13 Å². The van der Waals surface area contributed by atoms with Crippen LogP contribution in [0, 0.1) is 0 Å². The van der Waals surface area contributed by atoms with Gasteiger partial charge in [-0.1, -0.05) is 0 Å². The van der Waals surface area contributed by atoms with Crippen LogP contribution in [0.25, 0.3) is 0 Å². The summed E-state index contributed by atoms with van der Waals surface area (Å²) in [5.74, 6) is 0. The highest BCUT2D eigenvalue weighted by molar-refractivity contribution is 8.18. The maximum Gasteiger partial charge on any atom is 0.0894 e. The Labute approximate surface area is 44.8 Å². The summed E-state index contributed by atoms with van der Waals surface area (Å²) in [6.45, 7) is 0. The van der Waals surface area contributed by atoms with Crippen molar-refractivity contribution in [2.75, 3.05) is 0 Å². The lowest BCUT2D eigenvalue weighted by molar-refractivity contribution is 1.57. The number of rotatable bonds is 0. The van der Waals surface area contributed by atoms with E-state index in [0.717, 1.165) is 5.03 Å². The van der Waals surface area contributed by atoms with Crippen LogP contribution in [0.2, 0.25) is 0 Å². The SMILES string of the molecule is NC1=CSNS1. The highest BCUT2D eigenvalue weighted by Crippen LogP contribution is 2.20. The predicted octanol–water partition coefficient (Wildman–Crippen LogP) is 0.644. The zero-order chi connectivity index (χ0) is 4.41. The largest absolute Gasteiger partial charge is 0.392 e. The van der Waals surface area contributed by atoms with Crippen molar-refractivity contribution in [2.45, 2.75) is 0 Å². The third-order valence-electron chi connectivity index (χ3n) is 0.383. The molecule has 0 spiro atoms. The molecule has 0 saturated carbocycles. The summed E-state index contributed by atoms with van der Waals surface area (Å²) in [7, 11) is 0. The first-order valence-electron chi connectivity index (χ1n) is 1.43. The van der Waals surface area contributed by atoms with Gasteiger partial charge in [0, 0.05) is 5.41 Å². The number of hydrogen-bond acceptors (Lipinski definition) is 4. The first kappa shape index (κ1) is 4.36. The minimum Gasteiger partial charge on any atom is -0.392 e. The van der Waals surface area contributed by atoms with Crippen molar-refractivity contribution in [3.63, 3.8) is 0 Å². The van der Waals surface area contributed by atoms with E-state index in [2.05, 4.69) is 4.13 Å². The van der Waals surface area contributed by atoms with Crippen LogP contribution >= 0.6 is 23.9 Å². The molecular formula is C2H4N2S2. The van der Waals surface area contributed by atoms with Gasteiger partial charge in [-0.25, -0.2) is 0 Å². The minimum absolute atomic E-state index is 0.847. The fourth-order valence-electron chi connectivity index (χ4n) is 0.178. The third-order valence-corrected chi connectivity index (χ3v) is 1.98. The zero-order valence-electron chi connectivity index (χ0n) is 2.97. The quantitative estimate of drug-likeness (QED) is 0.460. The van der Waals surface area contributed by atoms with Crippen molar-refractivity contribution in [3.05, 3.63) is 10.4 Å². The van der Waals surface area contributed by atoms with Crippen LogP contribution in [-0.2, 0) is 0 Å². The van der Waals surface area contributed by atoms with Gasteiger partial charge < -0.3 is 5.73 Å². The molecule has 0 fully saturated rings. The average Bonchev–Trinajstić information content (AvgIpc) is 1.86. The Morgan fingerprint density at radius 1 is 1.83 bits per heavy atom. The third kappa shape index (κ3) is 0.830. The van der Waals surface area contributed by atoms with Gasteiger partial charge in [0.05, 0.1) is 5.03 Å². The van der Waals surface area contributed by atoms with Gasteiger partial charge in [0.15, 0.2) is 0 Å². The lowest BCUT2D eigenvalue weighted by Crippen LogP contribution is -1.88. The van der Waals surface area contributed by atoms with Gasteiger partial charge in [-0.05, 0) is 23.9 Å². The van der Waals surface area contributed by atoms with E-state index in [9.17, 15) is 0 Å². The molecule has 0 atom stereocenters. The average molecular weight is 120 g/mol. The Kier molecular flexibility index (Phi) is 1.29. The number of hydrogen-bond donors (Lipinski definition) is 2. The van der Waals surface area contributed by atoms with Crippen LogP contribution in [-0.4, -0.2) is 0 Å². The maximum atomic E-state index is 5.28. The van der Waals surface area contributed by atoms with Crippen molar-refractivity contribution in [2.24, 2.45) is 5.73 Å². The molecule has 0 unspecified atom stereocenters. The summed E-state index contributed by atoms with van der Waals surface area (Å²) in [6.07, 6.45) is 0. The standard InChI is InChI=1S/C2H4N2S2/c3-2-1-5-4-6-2/h1,4H,3H2. The first-order valence-corrected chi connectivity index (χ1v) is 3.12. The molecule has 0 radical (unpaired) electrons. The molecule has 1 rings (SSSR count). The monoisotopic (exact) mass is 120 g/mol. The van der Waals surface area contributed by atoms with E-state index < -0.39 is 0 Å². The van der Waals surface area contributed by atoms with Gasteiger partial charge in [-0.3, -0.25) is 0 Å². The Hall–Kier alpha value is 0.200. The molecule has 4 heteroatoms. The summed E-state index contributed by atoms with van der Waals surface area (Å²) < 4.78 is 2.89. The normalized spacial score (nSPS) is 21.0. The predicted molar refractivity (Wildman–Crippen MR) is 30.6 cm³/mol. The molecule has 3 N–H and O–H groups in total. The fraction of sp³-hybridized carbons (Fsp3) is 0. The van der Waals surface area contributed by atoms with Crippen LogP contribution in [0.5, 0.6) is 0 Å². The molecule has 2 nitrogen and oxygen atoms in total. The highest BCUT2D eigenvalue weighted by Gasteiger charge is 1.96. The number of nitrogens with two attached hydrogens (primary N) is 1. The van der Waals surface area contributed by atoms with Gasteiger partial charge in [0.2, 0.25) is 0 Å². The van der Waals surface area contributed by atoms with E-state index in [1.165, 1.54) is 23.9 Å². The summed E-state index contributed by atoms with van der Waals surface area (Å²) in [5.41, 5.74) is 5.28. The highest BCUT2D eigenvalue weighted by atomic mass is 32.2. The molecule has 1 heterocycles. The van der Waals surface area contributed by atoms with Crippen molar-refractivity contribution < 1.29 is 0 Å². The van der Waals surface area contributed by atoms with Crippen molar-refractivity contribution >= 4 is 23.9 Å². The first-order chi connectivity index (χ1) is 2.89. The molecule has 0 amide bonds. The summed E-state index contributed by atoms with van der Waals surface area (Å²) >= 11 is 2.96. The molecule has 0 aliphatic carbocycles. The molecule has 1 aliphatic heterocycles. The maximum absolute atomic E-state index is 5.28. The van der Waals surface area contributed by atoms with E-state index in [4.69, 9.17) is 5.73 Å². The van der Waals surface area contributed by atoms with Crippen molar-refractivity contribution in [1.29, 1.82) is 0 Å². The Morgan fingerprint density at radius 2 is 2.67 bits per heavy atom. The molecule has 34 valence electrons. The topological polar surface area (TPSA) is 38.0 Å². The molecule has 0 aromatic rings. The van der Waals surface area contributed by atoms with Crippen molar-refractivity contribution in [1.82, 2.24) is 4.13 Å². The van der Waals surface area contributed by atoms with Gasteiger partial charge in [0.1, 0.15) is 0 Å². The second-order valence-corrected chi connectivity index (χ2v) is 2.64. The molecule has 0 bridgehead atoms. The van der Waals surface area contributed by atoms with Crippen LogP contribution in [0.1, 0.15) is 0 Å².